The van der Waals surface area contributed by atoms with E-state index in [4.69, 9.17) is 4.74 Å². The van der Waals surface area contributed by atoms with E-state index in [-0.39, 0.29) is 37.4 Å². The van der Waals surface area contributed by atoms with Gasteiger partial charge in [-0.05, 0) is 12.0 Å². The number of halogens is 1. The van der Waals surface area contributed by atoms with Crippen LogP contribution in [-0.4, -0.2) is 56.1 Å². The molecular formula is C15H21ClN2O4S. The number of carbonyl (C=O) groups is 1. The van der Waals surface area contributed by atoms with Gasteiger partial charge in [0.1, 0.15) is 6.61 Å². The van der Waals surface area contributed by atoms with Gasteiger partial charge in [-0.3, -0.25) is 0 Å². The Hall–Kier alpha value is -1.31. The number of carbonyl (C=O) groups excluding carboxylic acids is 1. The van der Waals surface area contributed by atoms with Crippen molar-refractivity contribution >= 4 is 28.3 Å². The molecule has 2 aliphatic heterocycles. The first kappa shape index (κ1) is 18.0. The first-order valence-electron chi connectivity index (χ1n) is 7.47. The van der Waals surface area contributed by atoms with E-state index in [9.17, 15) is 13.2 Å². The van der Waals surface area contributed by atoms with Crippen LogP contribution in [-0.2, 0) is 21.2 Å². The van der Waals surface area contributed by atoms with Crippen molar-refractivity contribution in [1.29, 1.82) is 0 Å². The number of hydrogen-bond donors (Lipinski definition) is 1. The second-order valence-corrected chi connectivity index (χ2v) is 8.08. The number of hydrogen-bond acceptors (Lipinski definition) is 5. The Kier molecular flexibility index (Phi) is 5.89. The van der Waals surface area contributed by atoms with Gasteiger partial charge in [0.15, 0.2) is 9.84 Å². The summed E-state index contributed by atoms with van der Waals surface area (Å²) in [6.07, 6.45) is 0.202. The molecule has 23 heavy (non-hydrogen) atoms. The van der Waals surface area contributed by atoms with Crippen LogP contribution in [0.15, 0.2) is 30.3 Å². The lowest BCUT2D eigenvalue weighted by Crippen LogP contribution is -2.61. The summed E-state index contributed by atoms with van der Waals surface area (Å²) in [5.74, 6) is 0.140. The molecular weight excluding hydrogens is 340 g/mol. The quantitative estimate of drug-likeness (QED) is 0.857. The van der Waals surface area contributed by atoms with Gasteiger partial charge in [0.2, 0.25) is 0 Å². The Morgan fingerprint density at radius 3 is 2.78 bits per heavy atom. The van der Waals surface area contributed by atoms with Crippen LogP contribution >= 0.6 is 12.4 Å². The normalized spacial score (nSPS) is 25.8. The zero-order valence-electron chi connectivity index (χ0n) is 12.7. The maximum absolute atomic E-state index is 12.1. The predicted octanol–water partition coefficient (Wildman–Crippen LogP) is 1.21. The Morgan fingerprint density at radius 1 is 1.30 bits per heavy atom. The minimum Gasteiger partial charge on any atom is -0.445 e. The number of nitrogens with one attached hydrogen (secondary N) is 1. The van der Waals surface area contributed by atoms with Gasteiger partial charge in [0, 0.05) is 25.7 Å². The average molecular weight is 361 g/mol. The Morgan fingerprint density at radius 2 is 2.04 bits per heavy atom. The van der Waals surface area contributed by atoms with Gasteiger partial charge in [0.25, 0.3) is 0 Å². The molecule has 0 aromatic heterocycles. The standard InChI is InChI=1S/C15H20N2O4S.ClH/c18-15(21-11-12-4-2-1-3-5-12)17-8-6-13-14(10-17)22(19,20)9-7-16-13;/h1-5,13-14,16H,6-11H2;1H/t13-,14-;/m1./s1. The number of piperidine rings is 1. The molecule has 0 aliphatic carbocycles. The lowest BCUT2D eigenvalue weighted by Gasteiger charge is -2.40. The largest absolute Gasteiger partial charge is 0.445 e. The highest BCUT2D eigenvalue weighted by atomic mass is 35.5. The molecule has 0 spiro atoms. The van der Waals surface area contributed by atoms with Crippen molar-refractivity contribution in [3.63, 3.8) is 0 Å². The third-order valence-corrected chi connectivity index (χ3v) is 6.45. The number of nitrogens with zero attached hydrogens (tertiary/aromatic N) is 1. The summed E-state index contributed by atoms with van der Waals surface area (Å²) in [4.78, 5) is 13.7. The highest BCUT2D eigenvalue weighted by molar-refractivity contribution is 7.92. The van der Waals surface area contributed by atoms with Crippen LogP contribution in [0.2, 0.25) is 0 Å². The van der Waals surface area contributed by atoms with E-state index in [0.717, 1.165) is 5.56 Å². The van der Waals surface area contributed by atoms with Gasteiger partial charge in [-0.15, -0.1) is 12.4 Å². The molecule has 2 fully saturated rings. The monoisotopic (exact) mass is 360 g/mol. The van der Waals surface area contributed by atoms with Crippen LogP contribution in [0.4, 0.5) is 4.79 Å². The summed E-state index contributed by atoms with van der Waals surface area (Å²) in [7, 11) is -3.13. The van der Waals surface area contributed by atoms with Gasteiger partial charge < -0.3 is 15.0 Å². The van der Waals surface area contributed by atoms with Crippen molar-refractivity contribution in [2.75, 3.05) is 25.4 Å². The third kappa shape index (κ3) is 4.16. The van der Waals surface area contributed by atoms with Crippen LogP contribution in [0.5, 0.6) is 0 Å². The summed E-state index contributed by atoms with van der Waals surface area (Å²) in [6.45, 7) is 1.45. The zero-order chi connectivity index (χ0) is 15.6. The van der Waals surface area contributed by atoms with Gasteiger partial charge >= 0.3 is 6.09 Å². The van der Waals surface area contributed by atoms with Crippen molar-refractivity contribution in [3.8, 4) is 0 Å². The number of rotatable bonds is 2. The fourth-order valence-corrected chi connectivity index (χ4v) is 4.87. The number of sulfone groups is 1. The van der Waals surface area contributed by atoms with Gasteiger partial charge in [-0.25, -0.2) is 13.2 Å². The van der Waals surface area contributed by atoms with E-state index in [1.54, 1.807) is 0 Å². The number of likely N-dealkylation sites (tertiary alicyclic amines) is 1. The topological polar surface area (TPSA) is 75.7 Å². The molecule has 2 heterocycles. The molecule has 0 unspecified atom stereocenters. The Bertz CT molecular complexity index is 638. The van der Waals surface area contributed by atoms with Crippen molar-refractivity contribution in [2.24, 2.45) is 0 Å². The lowest BCUT2D eigenvalue weighted by molar-refractivity contribution is 0.0856. The third-order valence-electron chi connectivity index (χ3n) is 4.28. The lowest BCUT2D eigenvalue weighted by atomic mass is 10.0. The minimum atomic E-state index is -3.13. The number of benzene rings is 1. The number of amides is 1. The molecule has 0 saturated carbocycles. The summed E-state index contributed by atoms with van der Waals surface area (Å²) >= 11 is 0. The van der Waals surface area contributed by atoms with Gasteiger partial charge in [-0.2, -0.15) is 0 Å². The molecule has 1 amide bonds. The number of fused-ring (bicyclic) bond motifs is 1. The van der Waals surface area contributed by atoms with Gasteiger partial charge in [0.05, 0.1) is 11.0 Å². The molecule has 8 heteroatoms. The smallest absolute Gasteiger partial charge is 0.410 e. The fourth-order valence-electron chi connectivity index (χ4n) is 3.03. The first-order valence-corrected chi connectivity index (χ1v) is 9.18. The van der Waals surface area contributed by atoms with E-state index >= 15 is 0 Å². The molecule has 6 nitrogen and oxygen atoms in total. The molecule has 2 aliphatic rings. The zero-order valence-corrected chi connectivity index (χ0v) is 14.3. The molecule has 2 atom stereocenters. The molecule has 1 aromatic carbocycles. The van der Waals surface area contributed by atoms with Crippen molar-refractivity contribution in [2.45, 2.75) is 24.3 Å². The van der Waals surface area contributed by atoms with Gasteiger partial charge in [-0.1, -0.05) is 30.3 Å². The summed E-state index contributed by atoms with van der Waals surface area (Å²) in [6, 6.07) is 9.39. The minimum absolute atomic E-state index is 0. The van der Waals surface area contributed by atoms with Crippen LogP contribution in [0.3, 0.4) is 0 Å². The molecule has 2 saturated heterocycles. The Labute approximate surface area is 142 Å². The van der Waals surface area contributed by atoms with Crippen molar-refractivity contribution in [3.05, 3.63) is 35.9 Å². The second-order valence-electron chi connectivity index (χ2n) is 5.74. The van der Waals surface area contributed by atoms with E-state index in [2.05, 4.69) is 5.32 Å². The van der Waals surface area contributed by atoms with Crippen LogP contribution in [0.1, 0.15) is 12.0 Å². The van der Waals surface area contributed by atoms with E-state index < -0.39 is 21.2 Å². The molecule has 3 rings (SSSR count). The first-order chi connectivity index (χ1) is 10.6. The number of ether oxygens (including phenoxy) is 1. The van der Waals surface area contributed by atoms with E-state index in [0.29, 0.717) is 19.5 Å². The highest BCUT2D eigenvalue weighted by Gasteiger charge is 2.42. The molecule has 128 valence electrons. The summed E-state index contributed by atoms with van der Waals surface area (Å²) in [5.41, 5.74) is 0.915. The fraction of sp³-hybridized carbons (Fsp3) is 0.533. The SMILES string of the molecule is Cl.O=C(OCc1ccccc1)N1CC[C@H]2NCCS(=O)(=O)[C@@H]2C1. The van der Waals surface area contributed by atoms with Crippen molar-refractivity contribution in [1.82, 2.24) is 10.2 Å². The Balaban J connectivity index is 0.00000192. The van der Waals surface area contributed by atoms with Crippen LogP contribution < -0.4 is 5.32 Å². The maximum atomic E-state index is 12.1. The molecule has 1 aromatic rings. The second kappa shape index (κ2) is 7.51. The van der Waals surface area contributed by atoms with Crippen LogP contribution in [0, 0.1) is 0 Å². The van der Waals surface area contributed by atoms with E-state index in [1.165, 1.54) is 4.90 Å². The van der Waals surface area contributed by atoms with Crippen molar-refractivity contribution < 1.29 is 17.9 Å². The summed E-state index contributed by atoms with van der Waals surface area (Å²) in [5, 5.41) is 2.72. The maximum Gasteiger partial charge on any atom is 0.410 e. The highest BCUT2D eigenvalue weighted by Crippen LogP contribution is 2.22. The van der Waals surface area contributed by atoms with E-state index in [1.807, 2.05) is 30.3 Å². The molecule has 1 N–H and O–H groups in total. The van der Waals surface area contributed by atoms with Crippen LogP contribution in [0.25, 0.3) is 0 Å². The predicted molar refractivity (Wildman–Crippen MR) is 89.4 cm³/mol. The molecule has 0 radical (unpaired) electrons. The average Bonchev–Trinajstić information content (AvgIpc) is 2.53. The molecule has 0 bridgehead atoms. The summed E-state index contributed by atoms with van der Waals surface area (Å²) < 4.78 is 29.6.